The van der Waals surface area contributed by atoms with Gasteiger partial charge >= 0.3 is 0 Å². The summed E-state index contributed by atoms with van der Waals surface area (Å²) in [4.78, 5) is 87.2. The highest BCUT2D eigenvalue weighted by molar-refractivity contribution is 6.14. The average Bonchev–Trinajstić information content (AvgIpc) is 3.95. The Morgan fingerprint density at radius 1 is 0.686 bits per heavy atom. The fourth-order valence-electron chi connectivity index (χ4n) is 10.2. The van der Waals surface area contributed by atoms with Crippen molar-refractivity contribution in [3.8, 4) is 23.7 Å². The Bertz CT molecular complexity index is 2780. The van der Waals surface area contributed by atoms with Crippen molar-refractivity contribution in [1.82, 2.24) is 30.7 Å². The number of rotatable bonds is 14. The van der Waals surface area contributed by atoms with E-state index in [9.17, 15) is 28.8 Å². The summed E-state index contributed by atoms with van der Waals surface area (Å²) in [5, 5.41) is 12.9. The van der Waals surface area contributed by atoms with Crippen molar-refractivity contribution in [2.24, 2.45) is 5.84 Å². The number of hydrogen-bond acceptors (Lipinski definition) is 9. The summed E-state index contributed by atoms with van der Waals surface area (Å²) in [5.41, 5.74) is 7.10. The van der Waals surface area contributed by atoms with Crippen molar-refractivity contribution in [3.63, 3.8) is 0 Å². The summed E-state index contributed by atoms with van der Waals surface area (Å²) in [5.74, 6) is 15.2. The molecule has 8 rings (SSSR count). The predicted molar refractivity (Wildman–Crippen MR) is 267 cm³/mol. The maximum Gasteiger partial charge on any atom is 0.260 e. The third kappa shape index (κ3) is 11.0. The molecule has 15 nitrogen and oxygen atoms in total. The first-order chi connectivity index (χ1) is 33.9. The average molecular weight is 965 g/mol. The number of hydrogen-bond donors (Lipinski definition) is 5. The van der Waals surface area contributed by atoms with E-state index in [0.717, 1.165) is 64.3 Å². The topological polar surface area (TPSA) is 190 Å². The Morgan fingerprint density at radius 2 is 1.19 bits per heavy atom. The molecule has 6 N–H and O–H groups in total. The molecule has 6 amide bonds. The molecule has 0 spiro atoms. The van der Waals surface area contributed by atoms with Gasteiger partial charge in [0.05, 0.1) is 25.2 Å². The Kier molecular flexibility index (Phi) is 16.0. The molecule has 4 aliphatic rings. The molecule has 0 radical (unpaired) electrons. The highest BCUT2D eigenvalue weighted by atomic mass is 35.5. The number of fused-ring (bicyclic) bond motifs is 4. The highest BCUT2D eigenvalue weighted by Crippen LogP contribution is 2.38. The smallest absolute Gasteiger partial charge is 0.260 e. The van der Waals surface area contributed by atoms with E-state index in [2.05, 4.69) is 51.0 Å². The van der Waals surface area contributed by atoms with Crippen LogP contribution < -0.4 is 36.9 Å². The molecule has 4 aromatic rings. The second-order valence-electron chi connectivity index (χ2n) is 18.2. The molecule has 0 fully saturated rings. The number of carbonyl (C=O) groups is 6. The molecule has 2 heterocycles. The maximum atomic E-state index is 14.8. The second kappa shape index (κ2) is 22.6. The predicted octanol–water partition coefficient (Wildman–Crippen LogP) is 3.94. The van der Waals surface area contributed by atoms with Crippen LogP contribution >= 0.6 is 11.8 Å². The molecule has 0 saturated carbocycles. The van der Waals surface area contributed by atoms with Crippen LogP contribution in [-0.4, -0.2) is 96.2 Å². The highest BCUT2D eigenvalue weighted by Gasteiger charge is 2.45. The monoisotopic (exact) mass is 963 g/mol. The molecular weight excluding hydrogens is 906 g/mol. The number of likely N-dealkylation sites (N-methyl/N-ethyl adjacent to an activating group) is 2. The van der Waals surface area contributed by atoms with Crippen LogP contribution in [0.25, 0.3) is 0 Å². The molecule has 70 heavy (non-hydrogen) atoms. The zero-order valence-electron chi connectivity index (χ0n) is 39.4. The van der Waals surface area contributed by atoms with Gasteiger partial charge in [0.25, 0.3) is 17.7 Å². The van der Waals surface area contributed by atoms with Gasteiger partial charge in [-0.3, -0.25) is 43.6 Å². The molecule has 2 aliphatic carbocycles. The number of halogens is 1. The molecule has 0 saturated heterocycles. The van der Waals surface area contributed by atoms with E-state index in [1.807, 2.05) is 66.7 Å². The largest absolute Gasteiger partial charge is 0.347 e. The van der Waals surface area contributed by atoms with Crippen molar-refractivity contribution < 1.29 is 28.8 Å². The summed E-state index contributed by atoms with van der Waals surface area (Å²) < 4.78 is 1.15. The first kappa shape index (κ1) is 49.4. The number of anilines is 2. The summed E-state index contributed by atoms with van der Waals surface area (Å²) in [7, 11) is 3.12. The molecule has 362 valence electrons. The Morgan fingerprint density at radius 3 is 1.79 bits per heavy atom. The molecule has 0 unspecified atom stereocenters. The van der Waals surface area contributed by atoms with Crippen LogP contribution in [0.15, 0.2) is 97.1 Å². The van der Waals surface area contributed by atoms with E-state index in [1.54, 1.807) is 31.3 Å². The van der Waals surface area contributed by atoms with Gasteiger partial charge in [0.15, 0.2) is 0 Å². The normalized spacial score (nSPS) is 19.3. The fraction of sp³-hybridized carbons (Fsp3) is 0.370. The minimum absolute atomic E-state index is 0.0644. The second-order valence-corrected chi connectivity index (χ2v) is 18.7. The zero-order valence-corrected chi connectivity index (χ0v) is 40.1. The van der Waals surface area contributed by atoms with Gasteiger partial charge < -0.3 is 21.3 Å². The number of amides is 6. The van der Waals surface area contributed by atoms with Crippen molar-refractivity contribution in [1.29, 1.82) is 0 Å². The lowest BCUT2D eigenvalue weighted by Crippen LogP contribution is -2.57. The van der Waals surface area contributed by atoms with Crippen LogP contribution in [0.2, 0.25) is 0 Å². The van der Waals surface area contributed by atoms with Crippen molar-refractivity contribution in [2.45, 2.75) is 100 Å². The van der Waals surface area contributed by atoms with E-state index in [1.165, 1.54) is 27.4 Å². The van der Waals surface area contributed by atoms with E-state index in [4.69, 9.17) is 17.6 Å². The molecule has 0 bridgehead atoms. The summed E-state index contributed by atoms with van der Waals surface area (Å²) in [6, 6.07) is 25.8. The van der Waals surface area contributed by atoms with Gasteiger partial charge in [0.1, 0.15) is 24.2 Å². The van der Waals surface area contributed by atoms with E-state index >= 15 is 0 Å². The minimum Gasteiger partial charge on any atom is -0.347 e. The molecule has 0 aromatic heterocycles. The van der Waals surface area contributed by atoms with Gasteiger partial charge in [0, 0.05) is 44.1 Å². The van der Waals surface area contributed by atoms with Crippen LogP contribution in [-0.2, 0) is 54.5 Å². The maximum absolute atomic E-state index is 14.8. The number of benzene rings is 4. The van der Waals surface area contributed by atoms with Crippen molar-refractivity contribution in [3.05, 3.63) is 130 Å². The number of nitrogens with zero attached hydrogens (tertiary/aromatic N) is 4. The SMILES string of the molecule is CNCC(=O)N[C@@H](CC#CC#CC[C@H](NC(=O)CN(C)Cl)C(=O)N1c2ccccc2C[C@H]1C(=O)N(N)[C@@H]1CCCc2ccccc21)C(=O)N1c2ccccc2C[C@H]1C(=O)N[C@@H]1CCCc2ccccc21. The van der Waals surface area contributed by atoms with Crippen LogP contribution in [0.3, 0.4) is 0 Å². The lowest BCUT2D eigenvalue weighted by Gasteiger charge is -2.36. The first-order valence-corrected chi connectivity index (χ1v) is 24.2. The van der Waals surface area contributed by atoms with Gasteiger partial charge in [0.2, 0.25) is 17.7 Å². The quantitative estimate of drug-likeness (QED) is 0.0410. The summed E-state index contributed by atoms with van der Waals surface area (Å²) >= 11 is 6.03. The lowest BCUT2D eigenvalue weighted by molar-refractivity contribution is -0.137. The van der Waals surface area contributed by atoms with Crippen LogP contribution in [0, 0.1) is 23.7 Å². The van der Waals surface area contributed by atoms with Gasteiger partial charge in [-0.2, -0.15) is 0 Å². The number of para-hydroxylation sites is 2. The minimum atomic E-state index is -1.22. The molecular formula is C54H58ClN9O6. The number of hydrazine groups is 1. The number of nitrogens with one attached hydrogen (secondary N) is 4. The third-order valence-electron chi connectivity index (χ3n) is 13.4. The summed E-state index contributed by atoms with van der Waals surface area (Å²) in [6.07, 6.45) is 5.22. The van der Waals surface area contributed by atoms with Crippen molar-refractivity contribution in [2.75, 3.05) is 37.0 Å². The Balaban J connectivity index is 1.01. The number of carbonyl (C=O) groups excluding carboxylic acids is 6. The molecule has 6 atom stereocenters. The molecule has 4 aromatic carbocycles. The standard InChI is InChI=1S/C54H58ClN9O6/c1-57-33-49(65)58-42(52(68)62-44-28-13-9-19-37(44)31-47(62)51(67)60-41-27-15-21-35-17-7-11-23-39(35)41)25-5-3-4-6-26-43(59-50(66)34-61(2)55)53(69)63-45-29-14-10-20-38(45)32-48(63)54(70)64(56)46-30-16-22-36-18-8-12-24-40(36)46/h7-14,17-20,23-24,28-29,41-43,46-48,57H,15-16,21-22,25-27,30-34,56H2,1-2H3,(H,58,65)(H,59,66)(H,60,67)/t41-,42+,43+,46-,47+,48+/m1/s1. The third-order valence-corrected chi connectivity index (χ3v) is 13.6. The lowest BCUT2D eigenvalue weighted by atomic mass is 9.87. The van der Waals surface area contributed by atoms with Gasteiger partial charge in [-0.1, -0.05) is 96.8 Å². The van der Waals surface area contributed by atoms with Gasteiger partial charge in [-0.15, -0.1) is 0 Å². The zero-order chi connectivity index (χ0) is 49.3. The van der Waals surface area contributed by atoms with E-state index in [-0.39, 0.29) is 50.3 Å². The van der Waals surface area contributed by atoms with E-state index in [0.29, 0.717) is 24.2 Å². The molecule has 2 aliphatic heterocycles. The van der Waals surface area contributed by atoms with Crippen LogP contribution in [0.4, 0.5) is 11.4 Å². The Labute approximate surface area is 413 Å². The van der Waals surface area contributed by atoms with Crippen molar-refractivity contribution >= 4 is 58.6 Å². The fourth-order valence-corrected chi connectivity index (χ4v) is 10.3. The van der Waals surface area contributed by atoms with Gasteiger partial charge in [-0.05, 0) is 115 Å². The van der Waals surface area contributed by atoms with Crippen LogP contribution in [0.1, 0.15) is 84.0 Å². The Hall–Kier alpha value is -7.01. The first-order valence-electron chi connectivity index (χ1n) is 23.8. The van der Waals surface area contributed by atoms with E-state index < -0.39 is 53.7 Å². The number of nitrogens with two attached hydrogens (primary N) is 1. The summed E-state index contributed by atoms with van der Waals surface area (Å²) in [6.45, 7) is -0.298. The van der Waals surface area contributed by atoms with Gasteiger partial charge in [-0.25, -0.2) is 10.3 Å². The molecule has 16 heteroatoms. The van der Waals surface area contributed by atoms with Crippen LogP contribution in [0.5, 0.6) is 0 Å². The number of aryl methyl sites for hydroxylation is 2.